The maximum absolute atomic E-state index is 8.94. The number of thiophene rings is 1. The minimum atomic E-state index is 0.422. The first-order valence-corrected chi connectivity index (χ1v) is 5.21. The minimum Gasteiger partial charge on any atom is -0.193 e. The highest BCUT2D eigenvalue weighted by Crippen LogP contribution is 2.29. The fraction of sp³-hybridized carbons (Fsp3) is 0. The van der Waals surface area contributed by atoms with Gasteiger partial charge < -0.3 is 0 Å². The van der Waals surface area contributed by atoms with Crippen LogP contribution in [0.4, 0.5) is 0 Å². The molecule has 2 nitrogen and oxygen atoms in total. The van der Waals surface area contributed by atoms with Gasteiger partial charge in [0.05, 0.1) is 11.6 Å². The minimum absolute atomic E-state index is 0.422. The summed E-state index contributed by atoms with van der Waals surface area (Å²) >= 11 is 1.58. The van der Waals surface area contributed by atoms with Crippen molar-refractivity contribution >= 4 is 27.0 Å². The molecule has 0 amide bonds. The highest BCUT2D eigenvalue weighted by molar-refractivity contribution is 7.17. The first kappa shape index (κ1) is 9.45. The molecule has 0 spiro atoms. The molecule has 1 aromatic carbocycles. The Kier molecular flexibility index (Phi) is 2.49. The van der Waals surface area contributed by atoms with E-state index in [2.05, 4.69) is 0 Å². The van der Waals surface area contributed by atoms with E-state index >= 15 is 0 Å². The molecule has 15 heavy (non-hydrogen) atoms. The van der Waals surface area contributed by atoms with Gasteiger partial charge in [0.1, 0.15) is 6.07 Å². The third kappa shape index (κ3) is 1.61. The molecule has 2 rings (SSSR count). The highest BCUT2D eigenvalue weighted by Gasteiger charge is 2.06. The number of nitriles is 2. The number of hydrogen-bond donors (Lipinski definition) is 0. The van der Waals surface area contributed by atoms with Gasteiger partial charge in [0.25, 0.3) is 0 Å². The van der Waals surface area contributed by atoms with Gasteiger partial charge in [-0.25, -0.2) is 0 Å². The summed E-state index contributed by atoms with van der Waals surface area (Å²) in [7, 11) is 0. The van der Waals surface area contributed by atoms with Crippen LogP contribution >= 0.6 is 11.3 Å². The van der Waals surface area contributed by atoms with Crippen LogP contribution in [-0.2, 0) is 0 Å². The smallest absolute Gasteiger partial charge is 0.101 e. The summed E-state index contributed by atoms with van der Waals surface area (Å²) in [5.41, 5.74) is 1.26. The highest BCUT2D eigenvalue weighted by atomic mass is 32.1. The average molecular weight is 210 g/mol. The molecule has 0 fully saturated rings. The third-order valence-electron chi connectivity index (χ3n) is 2.10. The van der Waals surface area contributed by atoms with Gasteiger partial charge in [0.2, 0.25) is 0 Å². The summed E-state index contributed by atoms with van der Waals surface area (Å²) in [6, 6.07) is 11.7. The van der Waals surface area contributed by atoms with E-state index in [9.17, 15) is 0 Å². The quantitative estimate of drug-likeness (QED) is 0.678. The first-order valence-electron chi connectivity index (χ1n) is 4.33. The van der Waals surface area contributed by atoms with E-state index < -0.39 is 0 Å². The van der Waals surface area contributed by atoms with Gasteiger partial charge in [0, 0.05) is 16.3 Å². The van der Waals surface area contributed by atoms with Crippen LogP contribution in [0.25, 0.3) is 15.7 Å². The Morgan fingerprint density at radius 1 is 1.27 bits per heavy atom. The predicted octanol–water partition coefficient (Wildman–Crippen LogP) is 3.33. The van der Waals surface area contributed by atoms with Crippen molar-refractivity contribution in [1.82, 2.24) is 0 Å². The lowest BCUT2D eigenvalue weighted by molar-refractivity contribution is 1.51. The van der Waals surface area contributed by atoms with Crippen LogP contribution in [0.15, 0.2) is 35.7 Å². The van der Waals surface area contributed by atoms with Crippen LogP contribution in [0.2, 0.25) is 0 Å². The maximum Gasteiger partial charge on any atom is 0.101 e. The third-order valence-corrected chi connectivity index (χ3v) is 3.06. The van der Waals surface area contributed by atoms with Crippen molar-refractivity contribution in [2.24, 2.45) is 0 Å². The fourth-order valence-electron chi connectivity index (χ4n) is 1.44. The normalized spacial score (nSPS) is 10.9. The van der Waals surface area contributed by atoms with Gasteiger partial charge in [-0.1, -0.05) is 18.2 Å². The van der Waals surface area contributed by atoms with E-state index in [0.29, 0.717) is 5.57 Å². The van der Waals surface area contributed by atoms with E-state index in [1.165, 1.54) is 6.08 Å². The summed E-state index contributed by atoms with van der Waals surface area (Å²) < 4.78 is 1.06. The van der Waals surface area contributed by atoms with E-state index in [1.54, 1.807) is 11.3 Å². The molecule has 0 aliphatic heterocycles. The Morgan fingerprint density at radius 3 is 2.87 bits per heavy atom. The zero-order valence-corrected chi connectivity index (χ0v) is 8.58. The van der Waals surface area contributed by atoms with E-state index in [4.69, 9.17) is 10.5 Å². The van der Waals surface area contributed by atoms with Crippen molar-refractivity contribution < 1.29 is 0 Å². The van der Waals surface area contributed by atoms with Gasteiger partial charge in [0.15, 0.2) is 0 Å². The van der Waals surface area contributed by atoms with E-state index in [0.717, 1.165) is 15.6 Å². The maximum atomic E-state index is 8.94. The molecule has 1 heterocycles. The molecule has 0 atom stereocenters. The second-order valence-electron chi connectivity index (χ2n) is 2.94. The van der Waals surface area contributed by atoms with E-state index in [1.807, 2.05) is 41.8 Å². The molecule has 0 aliphatic carbocycles. The summed E-state index contributed by atoms with van der Waals surface area (Å²) in [5.74, 6) is 0. The molecule has 0 saturated carbocycles. The first-order chi connectivity index (χ1) is 7.36. The van der Waals surface area contributed by atoms with Gasteiger partial charge >= 0.3 is 0 Å². The van der Waals surface area contributed by atoms with Crippen molar-refractivity contribution in [2.75, 3.05) is 0 Å². The Hall–Kier alpha value is -2.10. The molecule has 1 aromatic heterocycles. The number of hydrogen-bond acceptors (Lipinski definition) is 3. The predicted molar refractivity (Wildman–Crippen MR) is 61.0 cm³/mol. The SMILES string of the molecule is N#CC=C(C#N)c1cccc2ccsc12. The van der Waals surface area contributed by atoms with Crippen LogP contribution in [0.5, 0.6) is 0 Å². The van der Waals surface area contributed by atoms with Crippen LogP contribution < -0.4 is 0 Å². The van der Waals surface area contributed by atoms with Crippen LogP contribution in [0.1, 0.15) is 5.56 Å². The lowest BCUT2D eigenvalue weighted by Crippen LogP contribution is -1.80. The number of nitrogens with zero attached hydrogens (tertiary/aromatic N) is 2. The summed E-state index contributed by atoms with van der Waals surface area (Å²) in [6.45, 7) is 0. The Labute approximate surface area is 91.3 Å². The second-order valence-corrected chi connectivity index (χ2v) is 3.86. The molecule has 0 unspecified atom stereocenters. The van der Waals surface area contributed by atoms with Crippen molar-refractivity contribution in [2.45, 2.75) is 0 Å². The van der Waals surface area contributed by atoms with Gasteiger partial charge in [-0.15, -0.1) is 11.3 Å². The average Bonchev–Trinajstić information content (AvgIpc) is 2.73. The number of benzene rings is 1. The van der Waals surface area contributed by atoms with Crippen molar-refractivity contribution in [3.05, 3.63) is 41.3 Å². The van der Waals surface area contributed by atoms with Crippen molar-refractivity contribution in [3.63, 3.8) is 0 Å². The Morgan fingerprint density at radius 2 is 2.13 bits per heavy atom. The largest absolute Gasteiger partial charge is 0.193 e. The topological polar surface area (TPSA) is 47.6 Å². The lowest BCUT2D eigenvalue weighted by Gasteiger charge is -1.98. The molecule has 0 radical (unpaired) electrons. The van der Waals surface area contributed by atoms with Gasteiger partial charge in [-0.3, -0.25) is 0 Å². The van der Waals surface area contributed by atoms with E-state index in [-0.39, 0.29) is 0 Å². The zero-order chi connectivity index (χ0) is 10.7. The molecule has 0 saturated heterocycles. The van der Waals surface area contributed by atoms with Crippen LogP contribution in [-0.4, -0.2) is 0 Å². The monoisotopic (exact) mass is 210 g/mol. The zero-order valence-electron chi connectivity index (χ0n) is 7.77. The molecule has 0 aliphatic rings. The number of fused-ring (bicyclic) bond motifs is 1. The Balaban J connectivity index is 2.72. The molecule has 0 bridgehead atoms. The van der Waals surface area contributed by atoms with Gasteiger partial charge in [-0.05, 0) is 16.8 Å². The second kappa shape index (κ2) is 3.96. The summed E-state index contributed by atoms with van der Waals surface area (Å²) in [4.78, 5) is 0. The molecular weight excluding hydrogens is 204 g/mol. The van der Waals surface area contributed by atoms with Crippen LogP contribution in [0, 0.1) is 22.7 Å². The number of allylic oxidation sites excluding steroid dienone is 2. The number of rotatable bonds is 1. The lowest BCUT2D eigenvalue weighted by atomic mass is 10.1. The molecular formula is C12H6N2S. The standard InChI is InChI=1S/C12H6N2S/c13-6-4-10(8-14)11-3-1-2-9-5-7-15-12(9)11/h1-5,7H. The molecule has 70 valence electrons. The molecule has 0 N–H and O–H groups in total. The van der Waals surface area contributed by atoms with Crippen LogP contribution in [0.3, 0.4) is 0 Å². The van der Waals surface area contributed by atoms with Gasteiger partial charge in [-0.2, -0.15) is 10.5 Å². The van der Waals surface area contributed by atoms with Crippen molar-refractivity contribution in [3.8, 4) is 12.1 Å². The Bertz CT molecular complexity index is 608. The molecule has 3 heteroatoms. The van der Waals surface area contributed by atoms with Crippen molar-refractivity contribution in [1.29, 1.82) is 10.5 Å². The molecule has 2 aromatic rings. The summed E-state index contributed by atoms with van der Waals surface area (Å²) in [5, 5.41) is 20.6. The summed E-state index contributed by atoms with van der Waals surface area (Å²) in [6.07, 6.45) is 1.29. The fourth-order valence-corrected chi connectivity index (χ4v) is 2.37.